The lowest BCUT2D eigenvalue weighted by atomic mass is 10.0. The fourth-order valence-electron chi connectivity index (χ4n) is 3.80. The molecule has 0 bridgehead atoms. The lowest BCUT2D eigenvalue weighted by Gasteiger charge is -2.30. The van der Waals surface area contributed by atoms with Crippen LogP contribution in [0.2, 0.25) is 0 Å². The molecule has 1 saturated carbocycles. The fraction of sp³-hybridized carbons (Fsp3) is 0.650. The third kappa shape index (κ3) is 3.95. The number of aryl methyl sites for hydroxylation is 1. The van der Waals surface area contributed by atoms with Crippen LogP contribution in [0.4, 0.5) is 5.95 Å². The molecule has 3 atom stereocenters. The van der Waals surface area contributed by atoms with Crippen molar-refractivity contribution < 1.29 is 28.6 Å². The summed E-state index contributed by atoms with van der Waals surface area (Å²) in [6.45, 7) is -3.43. The van der Waals surface area contributed by atoms with E-state index in [4.69, 9.17) is 15.1 Å². The Kier molecular flexibility index (Phi) is 3.04. The van der Waals surface area contributed by atoms with Crippen molar-refractivity contribution in [1.82, 2.24) is 18.8 Å². The highest BCUT2D eigenvalue weighted by molar-refractivity contribution is 7.88. The molecule has 4 rings (SSSR count). The van der Waals surface area contributed by atoms with Crippen LogP contribution in [-0.2, 0) is 10.0 Å². The van der Waals surface area contributed by atoms with Gasteiger partial charge in [0.15, 0.2) is 0 Å². The summed E-state index contributed by atoms with van der Waals surface area (Å²) in [4.78, 5) is 21.7. The van der Waals surface area contributed by atoms with Crippen LogP contribution in [0.25, 0.3) is 11.0 Å². The normalized spacial score (nSPS) is 37.0. The highest BCUT2D eigenvalue weighted by atomic mass is 32.2. The molecule has 0 radical (unpaired) electrons. The number of piperidine rings is 1. The van der Waals surface area contributed by atoms with Gasteiger partial charge in [-0.3, -0.25) is 9.36 Å². The number of aliphatic hydroxyl groups excluding tert-OH is 1. The number of anilines is 1. The number of hydrogen-bond donors (Lipinski definition) is 2. The number of fused-ring (bicyclic) bond motifs is 1. The van der Waals surface area contributed by atoms with Gasteiger partial charge in [0, 0.05) is 61.9 Å². The van der Waals surface area contributed by atoms with Crippen LogP contribution >= 0.6 is 0 Å². The number of nitrogens with zero attached hydrogens (tertiary/aromatic N) is 4. The molecule has 2 N–H and O–H groups in total. The fourth-order valence-corrected chi connectivity index (χ4v) is 4.27. The quantitative estimate of drug-likeness (QED) is 0.726. The Hall–Kier alpha value is -2.04. The van der Waals surface area contributed by atoms with Crippen molar-refractivity contribution in [1.29, 1.82) is 0 Å². The number of aliphatic hydroxyl groups is 1. The predicted molar refractivity (Wildman–Crippen MR) is 115 cm³/mol. The number of sulfonamides is 1. The van der Waals surface area contributed by atoms with Crippen LogP contribution < -0.4 is 10.9 Å². The SMILES string of the molecule is [2H]C([2H])([2H])c1cc2cnc(NC3([2H])C([2H])([2H])CN(S(=O)(=O)C([2H])([2H])[2H])CC3([2H])[2H])nc2n([C@H]2CC[C@H](O)[C@H]2C)c1=O. The minimum atomic E-state index is -5.13. The molecular formula is C20H29N5O4S. The molecule has 2 aliphatic rings. The molecule has 10 heteroatoms. The first kappa shape index (κ1) is 11.5. The summed E-state index contributed by atoms with van der Waals surface area (Å²) in [7, 11) is -5.13. The van der Waals surface area contributed by atoms with Crippen molar-refractivity contribution >= 4 is 27.0 Å². The molecule has 30 heavy (non-hydrogen) atoms. The van der Waals surface area contributed by atoms with Crippen LogP contribution in [-0.4, -0.2) is 63.8 Å². The highest BCUT2D eigenvalue weighted by Gasteiger charge is 2.34. The lowest BCUT2D eigenvalue weighted by Crippen LogP contribution is -2.42. The van der Waals surface area contributed by atoms with Gasteiger partial charge < -0.3 is 10.4 Å². The van der Waals surface area contributed by atoms with Gasteiger partial charge in [-0.2, -0.15) is 4.98 Å². The molecule has 0 amide bonds. The zero-order chi connectivity index (χ0) is 31.1. The second kappa shape index (κ2) is 7.90. The van der Waals surface area contributed by atoms with Gasteiger partial charge in [0.2, 0.25) is 16.0 Å². The first-order valence-corrected chi connectivity index (χ1v) is 10.8. The number of aromatic nitrogens is 3. The van der Waals surface area contributed by atoms with Gasteiger partial charge in [0.05, 0.1) is 13.7 Å². The smallest absolute Gasteiger partial charge is 0.255 e. The zero-order valence-corrected chi connectivity index (χ0v) is 16.9. The molecule has 0 spiro atoms. The summed E-state index contributed by atoms with van der Waals surface area (Å²) in [5.41, 5.74) is -1.49. The van der Waals surface area contributed by atoms with Gasteiger partial charge in [0.25, 0.3) is 5.56 Å². The van der Waals surface area contributed by atoms with Crippen LogP contribution in [0.3, 0.4) is 0 Å². The maximum Gasteiger partial charge on any atom is 0.255 e. The van der Waals surface area contributed by atoms with Crippen molar-refractivity contribution in [2.75, 3.05) is 24.6 Å². The van der Waals surface area contributed by atoms with E-state index in [2.05, 4.69) is 15.3 Å². The Bertz CT molecular complexity index is 1510. The van der Waals surface area contributed by atoms with Crippen molar-refractivity contribution in [2.45, 2.75) is 57.5 Å². The van der Waals surface area contributed by atoms with E-state index in [1.165, 1.54) is 0 Å². The predicted octanol–water partition coefficient (Wildman–Crippen LogP) is 1.27. The summed E-state index contributed by atoms with van der Waals surface area (Å²) < 4.78 is 114. The average molecular weight is 447 g/mol. The molecule has 1 saturated heterocycles. The Morgan fingerprint density at radius 2 is 2.13 bits per heavy atom. The van der Waals surface area contributed by atoms with Crippen molar-refractivity contribution in [2.24, 2.45) is 5.92 Å². The van der Waals surface area contributed by atoms with Crippen molar-refractivity contribution in [3.05, 3.63) is 28.2 Å². The standard InChI is InChI=1S/C20H29N5O4S/c1-12-10-14-11-21-20(22-15-6-8-24(9-7-15)30(3,28)29)23-18(14)25(19(12)27)16-4-5-17(26)13(16)2/h10-11,13,15-17,26H,4-9H2,1-3H3,(H,21,22,23)/t13-,16-,17-/m0/s1/i1D3,3D3,6D2,7D2,15D. The van der Waals surface area contributed by atoms with E-state index in [1.54, 1.807) is 6.92 Å². The summed E-state index contributed by atoms with van der Waals surface area (Å²) in [6, 6.07) is -2.52. The Labute approximate surface area is 191 Å². The molecule has 9 nitrogen and oxygen atoms in total. The Morgan fingerprint density at radius 3 is 2.77 bits per heavy atom. The zero-order valence-electron chi connectivity index (χ0n) is 27.1. The molecule has 164 valence electrons. The minimum absolute atomic E-state index is 0.0985. The monoisotopic (exact) mass is 446 g/mol. The van der Waals surface area contributed by atoms with E-state index < -0.39 is 90.0 Å². The first-order chi connectivity index (χ1) is 18.4. The highest BCUT2D eigenvalue weighted by Crippen LogP contribution is 2.36. The first-order valence-electron chi connectivity index (χ1n) is 14.8. The van der Waals surface area contributed by atoms with Crippen molar-refractivity contribution in [3.63, 3.8) is 0 Å². The van der Waals surface area contributed by atoms with E-state index >= 15 is 0 Å². The van der Waals surface area contributed by atoms with Crippen LogP contribution in [0.1, 0.15) is 59.2 Å². The molecular weight excluding hydrogens is 406 g/mol. The van der Waals surface area contributed by atoms with Crippen LogP contribution in [0.15, 0.2) is 17.1 Å². The molecule has 0 unspecified atom stereocenters. The maximum atomic E-state index is 13.4. The molecule has 1 aliphatic carbocycles. The van der Waals surface area contributed by atoms with E-state index in [-0.39, 0.29) is 15.3 Å². The van der Waals surface area contributed by atoms with E-state index in [1.807, 2.05) is 0 Å². The van der Waals surface area contributed by atoms with E-state index in [0.717, 1.165) is 16.8 Å². The summed E-state index contributed by atoms with van der Waals surface area (Å²) in [6.07, 6.45) is -8.64. The minimum Gasteiger partial charge on any atom is -0.393 e. The van der Waals surface area contributed by atoms with Crippen molar-refractivity contribution in [3.8, 4) is 0 Å². The summed E-state index contributed by atoms with van der Waals surface area (Å²) >= 11 is 0. The second-order valence-electron chi connectivity index (χ2n) is 7.40. The van der Waals surface area contributed by atoms with Crippen LogP contribution in [0.5, 0.6) is 0 Å². The van der Waals surface area contributed by atoms with Gasteiger partial charge in [-0.05, 0) is 38.5 Å². The average Bonchev–Trinajstić information content (AvgIpc) is 3.13. The van der Waals surface area contributed by atoms with Gasteiger partial charge in [-0.15, -0.1) is 0 Å². The number of pyridine rings is 1. The molecule has 2 fully saturated rings. The van der Waals surface area contributed by atoms with Gasteiger partial charge in [0.1, 0.15) is 5.65 Å². The molecule has 3 heterocycles. The van der Waals surface area contributed by atoms with Crippen LogP contribution in [0, 0.1) is 12.8 Å². The molecule has 0 aromatic carbocycles. The number of nitrogens with one attached hydrogen (secondary N) is 1. The summed E-state index contributed by atoms with van der Waals surface area (Å²) in [5.74, 6) is -0.988. The number of hydrogen-bond acceptors (Lipinski definition) is 7. The largest absolute Gasteiger partial charge is 0.393 e. The lowest BCUT2D eigenvalue weighted by molar-refractivity contribution is 0.129. The number of rotatable bonds is 4. The van der Waals surface area contributed by atoms with E-state index in [9.17, 15) is 18.3 Å². The van der Waals surface area contributed by atoms with Gasteiger partial charge in [-0.25, -0.2) is 17.7 Å². The van der Waals surface area contributed by atoms with E-state index in [0.29, 0.717) is 12.8 Å². The Balaban J connectivity index is 1.83. The summed E-state index contributed by atoms with van der Waals surface area (Å²) in [5, 5.41) is 12.7. The molecule has 2 aromatic rings. The molecule has 2 aromatic heterocycles. The van der Waals surface area contributed by atoms with Gasteiger partial charge >= 0.3 is 0 Å². The second-order valence-corrected chi connectivity index (χ2v) is 8.87. The third-order valence-electron chi connectivity index (χ3n) is 5.52. The third-order valence-corrected chi connectivity index (χ3v) is 6.46. The molecule has 1 aliphatic heterocycles. The Morgan fingerprint density at radius 1 is 1.37 bits per heavy atom. The maximum absolute atomic E-state index is 13.4. The van der Waals surface area contributed by atoms with Gasteiger partial charge in [-0.1, -0.05) is 6.92 Å². The topological polar surface area (TPSA) is 117 Å².